The summed E-state index contributed by atoms with van der Waals surface area (Å²) in [4.78, 5) is 32.7. The van der Waals surface area contributed by atoms with Crippen LogP contribution in [0.2, 0.25) is 0 Å². The fourth-order valence-electron chi connectivity index (χ4n) is 1.66. The van der Waals surface area contributed by atoms with Gasteiger partial charge in [-0.25, -0.2) is 0 Å². The van der Waals surface area contributed by atoms with Gasteiger partial charge in [0.05, 0.1) is 12.0 Å². The van der Waals surface area contributed by atoms with Crippen LogP contribution in [0, 0.1) is 15.5 Å². The lowest BCUT2D eigenvalue weighted by molar-refractivity contribution is -0.385. The lowest BCUT2D eigenvalue weighted by Crippen LogP contribution is -2.43. The Kier molecular flexibility index (Phi) is 4.28. The molecule has 3 N–H and O–H groups in total. The highest BCUT2D eigenvalue weighted by molar-refractivity contribution is 6.00. The molecule has 0 aliphatic heterocycles. The quantitative estimate of drug-likeness (QED) is 0.448. The van der Waals surface area contributed by atoms with Crippen molar-refractivity contribution in [2.75, 3.05) is 7.11 Å². The van der Waals surface area contributed by atoms with E-state index in [2.05, 4.69) is 0 Å². The van der Waals surface area contributed by atoms with Crippen LogP contribution in [-0.4, -0.2) is 29.0 Å². The van der Waals surface area contributed by atoms with Crippen molar-refractivity contribution in [3.05, 3.63) is 33.9 Å². The molecule has 1 aromatic rings. The fraction of sp³-hybridized carbons (Fsp3) is 0.333. The number of carbonyl (C=O) groups excluding carboxylic acids is 1. The minimum atomic E-state index is -1.83. The van der Waals surface area contributed by atoms with E-state index in [4.69, 9.17) is 15.6 Å². The summed E-state index contributed by atoms with van der Waals surface area (Å²) in [5, 5.41) is 20.0. The highest BCUT2D eigenvalue weighted by Crippen LogP contribution is 2.31. The Bertz CT molecular complexity index is 555. The summed E-state index contributed by atoms with van der Waals surface area (Å²) in [6.07, 6.45) is -0.248. The second kappa shape index (κ2) is 5.55. The van der Waals surface area contributed by atoms with Gasteiger partial charge in [0.15, 0.2) is 5.75 Å². The van der Waals surface area contributed by atoms with E-state index in [1.165, 1.54) is 32.2 Å². The molecule has 1 aromatic carbocycles. The van der Waals surface area contributed by atoms with E-state index in [0.29, 0.717) is 5.56 Å². The van der Waals surface area contributed by atoms with E-state index in [1.807, 2.05) is 0 Å². The van der Waals surface area contributed by atoms with Crippen molar-refractivity contribution < 1.29 is 24.4 Å². The molecule has 1 unspecified atom stereocenters. The summed E-state index contributed by atoms with van der Waals surface area (Å²) in [6.45, 7) is 1.17. The lowest BCUT2D eigenvalue weighted by Gasteiger charge is -2.20. The highest BCUT2D eigenvalue weighted by atomic mass is 16.6. The Balaban J connectivity index is 3.22. The molecule has 1 atom stereocenters. The third kappa shape index (κ3) is 2.85. The number of aliphatic carboxylic acids is 1. The number of hydrogen-bond acceptors (Lipinski definition) is 5. The van der Waals surface area contributed by atoms with Crippen molar-refractivity contribution in [1.82, 2.24) is 0 Å². The van der Waals surface area contributed by atoms with Gasteiger partial charge in [0.25, 0.3) is 0 Å². The third-order valence-corrected chi connectivity index (χ3v) is 3.01. The molecule has 0 fully saturated rings. The van der Waals surface area contributed by atoms with Gasteiger partial charge in [-0.05, 0) is 25.0 Å². The molecule has 0 aliphatic carbocycles. The predicted molar refractivity (Wildman–Crippen MR) is 68.3 cm³/mol. The monoisotopic (exact) mass is 282 g/mol. The van der Waals surface area contributed by atoms with Crippen LogP contribution in [0.3, 0.4) is 0 Å². The van der Waals surface area contributed by atoms with Gasteiger partial charge < -0.3 is 15.6 Å². The minimum absolute atomic E-state index is 0.0508. The van der Waals surface area contributed by atoms with Crippen molar-refractivity contribution in [3.63, 3.8) is 0 Å². The van der Waals surface area contributed by atoms with E-state index in [1.54, 1.807) is 0 Å². The lowest BCUT2D eigenvalue weighted by atomic mass is 9.83. The first-order valence-electron chi connectivity index (χ1n) is 5.57. The number of carboxylic acid groups (broad SMARTS) is 1. The number of ether oxygens (including phenoxy) is 1. The molecule has 20 heavy (non-hydrogen) atoms. The van der Waals surface area contributed by atoms with Gasteiger partial charge in [-0.1, -0.05) is 6.07 Å². The molecule has 0 spiro atoms. The molecule has 0 saturated heterocycles. The van der Waals surface area contributed by atoms with Gasteiger partial charge in [0, 0.05) is 6.07 Å². The smallest absolute Gasteiger partial charge is 0.319 e. The van der Waals surface area contributed by atoms with Crippen molar-refractivity contribution >= 4 is 17.6 Å². The van der Waals surface area contributed by atoms with Crippen molar-refractivity contribution in [2.24, 2.45) is 11.1 Å². The van der Waals surface area contributed by atoms with Crippen LogP contribution in [0.1, 0.15) is 12.5 Å². The van der Waals surface area contributed by atoms with Crippen molar-refractivity contribution in [1.29, 1.82) is 0 Å². The predicted octanol–water partition coefficient (Wildman–Crippen LogP) is 0.722. The van der Waals surface area contributed by atoms with Crippen LogP contribution in [0.15, 0.2) is 18.2 Å². The molecule has 1 rings (SSSR count). The second-order valence-corrected chi connectivity index (χ2v) is 4.44. The summed E-state index contributed by atoms with van der Waals surface area (Å²) in [6, 6.07) is 3.97. The Morgan fingerprint density at radius 2 is 2.10 bits per heavy atom. The fourth-order valence-corrected chi connectivity index (χ4v) is 1.66. The molecule has 0 heterocycles. The van der Waals surface area contributed by atoms with E-state index in [-0.39, 0.29) is 17.9 Å². The molecule has 8 nitrogen and oxygen atoms in total. The molecule has 108 valence electrons. The van der Waals surface area contributed by atoms with Crippen LogP contribution in [0.4, 0.5) is 5.69 Å². The first-order chi connectivity index (χ1) is 9.22. The van der Waals surface area contributed by atoms with Crippen LogP contribution in [0.5, 0.6) is 5.75 Å². The zero-order valence-corrected chi connectivity index (χ0v) is 11.0. The molecular formula is C12H14N2O6. The maximum absolute atomic E-state index is 11.3. The number of carboxylic acids is 1. The molecule has 0 saturated carbocycles. The topological polar surface area (TPSA) is 133 Å². The Labute approximate surface area is 114 Å². The average molecular weight is 282 g/mol. The van der Waals surface area contributed by atoms with Gasteiger partial charge in [-0.3, -0.25) is 19.7 Å². The Morgan fingerprint density at radius 1 is 1.50 bits per heavy atom. The number of benzene rings is 1. The summed E-state index contributed by atoms with van der Waals surface area (Å²) >= 11 is 0. The van der Waals surface area contributed by atoms with Crippen LogP contribution < -0.4 is 10.5 Å². The standard InChI is InChI=1S/C12H14N2O6/c1-12(10(13)15,11(16)17)6-7-3-4-9(20-2)8(5-7)14(18)19/h3-5H,6H2,1-2H3,(H2,13,15)(H,16,17). The maximum atomic E-state index is 11.3. The summed E-state index contributed by atoms with van der Waals surface area (Å²) in [5.74, 6) is -2.35. The van der Waals surface area contributed by atoms with E-state index in [9.17, 15) is 19.7 Å². The number of nitrogens with two attached hydrogens (primary N) is 1. The van der Waals surface area contributed by atoms with Gasteiger partial charge in [0.1, 0.15) is 5.41 Å². The first-order valence-corrected chi connectivity index (χ1v) is 5.57. The number of carbonyl (C=O) groups is 2. The van der Waals surface area contributed by atoms with Gasteiger partial charge in [0.2, 0.25) is 5.91 Å². The number of rotatable bonds is 6. The number of hydrogen-bond donors (Lipinski definition) is 2. The van der Waals surface area contributed by atoms with Crippen LogP contribution in [0.25, 0.3) is 0 Å². The minimum Gasteiger partial charge on any atom is -0.490 e. The number of nitro benzene ring substituents is 1. The summed E-state index contributed by atoms with van der Waals surface area (Å²) in [7, 11) is 1.28. The number of primary amides is 1. The zero-order valence-electron chi connectivity index (χ0n) is 11.0. The number of amides is 1. The second-order valence-electron chi connectivity index (χ2n) is 4.44. The summed E-state index contributed by atoms with van der Waals surface area (Å²) < 4.78 is 4.84. The first kappa shape index (κ1) is 15.4. The normalized spacial score (nSPS) is 13.3. The summed E-state index contributed by atoms with van der Waals surface area (Å²) in [5.41, 5.74) is 3.27. The molecule has 0 aromatic heterocycles. The Morgan fingerprint density at radius 3 is 2.50 bits per heavy atom. The largest absolute Gasteiger partial charge is 0.490 e. The SMILES string of the molecule is COc1ccc(CC(C)(C(N)=O)C(=O)O)cc1[N+](=O)[O-]. The molecule has 0 aliphatic rings. The Hall–Kier alpha value is -2.64. The molecule has 8 heteroatoms. The number of nitrogens with zero attached hydrogens (tertiary/aromatic N) is 1. The van der Waals surface area contributed by atoms with Crippen LogP contribution >= 0.6 is 0 Å². The van der Waals surface area contributed by atoms with Crippen molar-refractivity contribution in [2.45, 2.75) is 13.3 Å². The molecule has 1 amide bonds. The van der Waals surface area contributed by atoms with E-state index < -0.39 is 22.2 Å². The van der Waals surface area contributed by atoms with Crippen LogP contribution in [-0.2, 0) is 16.0 Å². The van der Waals surface area contributed by atoms with Gasteiger partial charge >= 0.3 is 11.7 Å². The maximum Gasteiger partial charge on any atom is 0.319 e. The molecular weight excluding hydrogens is 268 g/mol. The third-order valence-electron chi connectivity index (χ3n) is 3.01. The van der Waals surface area contributed by atoms with Gasteiger partial charge in [-0.2, -0.15) is 0 Å². The zero-order chi connectivity index (χ0) is 15.5. The molecule has 0 radical (unpaired) electrons. The highest BCUT2D eigenvalue weighted by Gasteiger charge is 2.40. The van der Waals surface area contributed by atoms with E-state index in [0.717, 1.165) is 0 Å². The number of methoxy groups -OCH3 is 1. The molecule has 0 bridgehead atoms. The average Bonchev–Trinajstić information content (AvgIpc) is 2.37. The van der Waals surface area contributed by atoms with Gasteiger partial charge in [-0.15, -0.1) is 0 Å². The van der Waals surface area contributed by atoms with Crippen molar-refractivity contribution in [3.8, 4) is 5.75 Å². The number of nitro groups is 1. The van der Waals surface area contributed by atoms with E-state index >= 15 is 0 Å².